The van der Waals surface area contributed by atoms with E-state index in [1.807, 2.05) is 25.4 Å². The van der Waals surface area contributed by atoms with E-state index < -0.39 is 11.7 Å². The van der Waals surface area contributed by atoms with E-state index in [0.29, 0.717) is 24.7 Å². The van der Waals surface area contributed by atoms with E-state index in [0.717, 1.165) is 35.3 Å². The predicted octanol–water partition coefficient (Wildman–Crippen LogP) is 4.96. The van der Waals surface area contributed by atoms with E-state index in [1.165, 1.54) is 12.1 Å². The van der Waals surface area contributed by atoms with Crippen LogP contribution in [-0.2, 0) is 6.18 Å². The monoisotopic (exact) mass is 431 g/mol. The van der Waals surface area contributed by atoms with Gasteiger partial charge in [0.05, 0.1) is 5.56 Å². The van der Waals surface area contributed by atoms with Crippen molar-refractivity contribution >= 4 is 28.4 Å². The number of urea groups is 1. The minimum Gasteiger partial charge on any atom is -0.369 e. The minimum absolute atomic E-state index is 0.0904. The zero-order chi connectivity index (χ0) is 22.2. The second-order valence-corrected chi connectivity index (χ2v) is 7.97. The number of likely N-dealkylation sites (N-methyl/N-ethyl adjacent to an activating group) is 1. The summed E-state index contributed by atoms with van der Waals surface area (Å²) in [6, 6.07) is 8.21. The van der Waals surface area contributed by atoms with Crippen LogP contribution in [0.2, 0.25) is 0 Å². The standard InChI is InChI=1S/C22H24F3N5O/c1-14-9-12-30(21(31)28-16-5-3-15(4-6-16)22(23,24)25)13-19(14)29(2)18-8-11-27-20-17(18)7-10-26-20/h3-8,10-11,14,19H,9,12-13H2,1-2H3,(H,26,27)(H,28,31). The maximum atomic E-state index is 12.8. The molecule has 31 heavy (non-hydrogen) atoms. The van der Waals surface area contributed by atoms with Crippen LogP contribution in [0.25, 0.3) is 11.0 Å². The van der Waals surface area contributed by atoms with Gasteiger partial charge in [-0.15, -0.1) is 0 Å². The lowest BCUT2D eigenvalue weighted by atomic mass is 9.92. The molecular formula is C22H24F3N5O. The van der Waals surface area contributed by atoms with Gasteiger partial charge in [-0.05, 0) is 48.7 Å². The molecule has 1 fully saturated rings. The van der Waals surface area contributed by atoms with Crippen LogP contribution in [0.5, 0.6) is 0 Å². The number of aromatic amines is 1. The van der Waals surface area contributed by atoms with Crippen LogP contribution in [-0.4, -0.2) is 47.1 Å². The second-order valence-electron chi connectivity index (χ2n) is 7.97. The van der Waals surface area contributed by atoms with Crippen LogP contribution in [0.15, 0.2) is 48.8 Å². The normalized spacial score (nSPS) is 19.5. The number of hydrogen-bond acceptors (Lipinski definition) is 3. The number of nitrogens with one attached hydrogen (secondary N) is 2. The summed E-state index contributed by atoms with van der Waals surface area (Å²) in [4.78, 5) is 24.1. The first-order chi connectivity index (χ1) is 14.7. The largest absolute Gasteiger partial charge is 0.416 e. The van der Waals surface area contributed by atoms with Crippen molar-refractivity contribution in [3.8, 4) is 0 Å². The van der Waals surface area contributed by atoms with Gasteiger partial charge in [0.15, 0.2) is 0 Å². The van der Waals surface area contributed by atoms with Gasteiger partial charge in [0.1, 0.15) is 5.65 Å². The number of piperidine rings is 1. The fourth-order valence-corrected chi connectivity index (χ4v) is 4.12. The quantitative estimate of drug-likeness (QED) is 0.616. The highest BCUT2D eigenvalue weighted by Crippen LogP contribution is 2.31. The number of halogens is 3. The Morgan fingerprint density at radius 2 is 1.97 bits per heavy atom. The number of amides is 2. The minimum atomic E-state index is -4.40. The molecule has 2 aromatic heterocycles. The molecule has 1 aromatic carbocycles. The molecule has 2 N–H and O–H groups in total. The topological polar surface area (TPSA) is 64.3 Å². The van der Waals surface area contributed by atoms with E-state index in [4.69, 9.17) is 0 Å². The third-order valence-corrected chi connectivity index (χ3v) is 5.98. The van der Waals surface area contributed by atoms with Crippen LogP contribution in [0.3, 0.4) is 0 Å². The molecule has 1 aliphatic rings. The fourth-order valence-electron chi connectivity index (χ4n) is 4.12. The van der Waals surface area contributed by atoms with E-state index in [2.05, 4.69) is 27.1 Å². The Balaban J connectivity index is 1.47. The Morgan fingerprint density at radius 3 is 2.68 bits per heavy atom. The molecule has 6 nitrogen and oxygen atoms in total. The summed E-state index contributed by atoms with van der Waals surface area (Å²) in [6.07, 6.45) is 0.0361. The first-order valence-electron chi connectivity index (χ1n) is 10.1. The van der Waals surface area contributed by atoms with Gasteiger partial charge in [-0.1, -0.05) is 6.92 Å². The lowest BCUT2D eigenvalue weighted by molar-refractivity contribution is -0.137. The van der Waals surface area contributed by atoms with Crippen molar-refractivity contribution in [2.75, 3.05) is 30.4 Å². The lowest BCUT2D eigenvalue weighted by Crippen LogP contribution is -2.53. The first-order valence-corrected chi connectivity index (χ1v) is 10.1. The Kier molecular flexibility index (Phi) is 5.51. The van der Waals surface area contributed by atoms with Gasteiger partial charge < -0.3 is 20.1 Å². The Labute approximate surface area is 178 Å². The number of likely N-dealkylation sites (tertiary alicyclic amines) is 1. The average molecular weight is 431 g/mol. The molecule has 2 amide bonds. The van der Waals surface area contributed by atoms with E-state index in [9.17, 15) is 18.0 Å². The second kappa shape index (κ2) is 8.13. The van der Waals surface area contributed by atoms with Gasteiger partial charge in [-0.3, -0.25) is 0 Å². The van der Waals surface area contributed by atoms with E-state index in [1.54, 1.807) is 11.1 Å². The van der Waals surface area contributed by atoms with Gasteiger partial charge in [0, 0.05) is 55.3 Å². The van der Waals surface area contributed by atoms with E-state index >= 15 is 0 Å². The summed E-state index contributed by atoms with van der Waals surface area (Å²) in [5.74, 6) is 0.363. The van der Waals surface area contributed by atoms with Crippen LogP contribution in [0, 0.1) is 5.92 Å². The number of carbonyl (C=O) groups excluding carboxylic acids is 1. The van der Waals surface area contributed by atoms with Crippen molar-refractivity contribution in [1.29, 1.82) is 0 Å². The number of nitrogens with zero attached hydrogens (tertiary/aromatic N) is 3. The predicted molar refractivity (Wildman–Crippen MR) is 114 cm³/mol. The maximum absolute atomic E-state index is 12.8. The number of rotatable bonds is 3. The Morgan fingerprint density at radius 1 is 1.23 bits per heavy atom. The number of anilines is 2. The molecule has 0 bridgehead atoms. The highest BCUT2D eigenvalue weighted by atomic mass is 19.4. The van der Waals surface area contributed by atoms with Crippen LogP contribution < -0.4 is 10.2 Å². The molecule has 1 aliphatic heterocycles. The van der Waals surface area contributed by atoms with Crippen molar-refractivity contribution in [2.45, 2.75) is 25.6 Å². The lowest BCUT2D eigenvalue weighted by Gasteiger charge is -2.42. The number of benzene rings is 1. The van der Waals surface area contributed by atoms with Crippen molar-refractivity contribution in [3.63, 3.8) is 0 Å². The number of hydrogen-bond donors (Lipinski definition) is 2. The number of pyridine rings is 1. The first kappa shape index (κ1) is 21.0. The number of alkyl halides is 3. The van der Waals surface area contributed by atoms with Gasteiger partial charge in [-0.25, -0.2) is 9.78 Å². The average Bonchev–Trinajstić information content (AvgIpc) is 3.22. The molecule has 0 aliphatic carbocycles. The summed E-state index contributed by atoms with van der Waals surface area (Å²) in [6.45, 7) is 3.27. The SMILES string of the molecule is CC1CCN(C(=O)Nc2ccc(C(F)(F)F)cc2)CC1N(C)c1ccnc2[nH]ccc12. The van der Waals surface area contributed by atoms with Crippen LogP contribution >= 0.6 is 0 Å². The molecule has 2 unspecified atom stereocenters. The zero-order valence-electron chi connectivity index (χ0n) is 17.3. The van der Waals surface area contributed by atoms with Crippen molar-refractivity contribution in [1.82, 2.24) is 14.9 Å². The van der Waals surface area contributed by atoms with Gasteiger partial charge >= 0.3 is 12.2 Å². The molecule has 0 spiro atoms. The van der Waals surface area contributed by atoms with Gasteiger partial charge in [0.25, 0.3) is 0 Å². The summed E-state index contributed by atoms with van der Waals surface area (Å²) < 4.78 is 38.2. The number of H-pyrrole nitrogens is 1. The summed E-state index contributed by atoms with van der Waals surface area (Å²) in [5, 5.41) is 3.73. The molecule has 3 heterocycles. The summed E-state index contributed by atoms with van der Waals surface area (Å²) in [7, 11) is 2.01. The molecule has 164 valence electrons. The van der Waals surface area contributed by atoms with E-state index in [-0.39, 0.29) is 12.1 Å². The molecule has 1 saturated heterocycles. The molecule has 0 saturated carbocycles. The van der Waals surface area contributed by atoms with Gasteiger partial charge in [-0.2, -0.15) is 13.2 Å². The van der Waals surface area contributed by atoms with Crippen molar-refractivity contribution in [3.05, 3.63) is 54.4 Å². The smallest absolute Gasteiger partial charge is 0.369 e. The van der Waals surface area contributed by atoms with Gasteiger partial charge in [0.2, 0.25) is 0 Å². The molecule has 4 rings (SSSR count). The Bertz CT molecular complexity index is 1060. The third-order valence-electron chi connectivity index (χ3n) is 5.98. The number of fused-ring (bicyclic) bond motifs is 1. The molecular weight excluding hydrogens is 407 g/mol. The summed E-state index contributed by atoms with van der Waals surface area (Å²) >= 11 is 0. The molecule has 3 aromatic rings. The zero-order valence-corrected chi connectivity index (χ0v) is 17.3. The number of carbonyl (C=O) groups is 1. The molecule has 2 atom stereocenters. The highest BCUT2D eigenvalue weighted by Gasteiger charge is 2.33. The summed E-state index contributed by atoms with van der Waals surface area (Å²) in [5.41, 5.74) is 1.44. The van der Waals surface area contributed by atoms with Crippen LogP contribution in [0.4, 0.5) is 29.3 Å². The fraction of sp³-hybridized carbons (Fsp3) is 0.364. The molecule has 0 radical (unpaired) electrons. The highest BCUT2D eigenvalue weighted by molar-refractivity contribution is 5.91. The van der Waals surface area contributed by atoms with Crippen molar-refractivity contribution < 1.29 is 18.0 Å². The third kappa shape index (κ3) is 4.30. The van der Waals surface area contributed by atoms with Crippen molar-refractivity contribution in [2.24, 2.45) is 5.92 Å². The Hall–Kier alpha value is -3.23. The number of aromatic nitrogens is 2. The maximum Gasteiger partial charge on any atom is 0.416 e. The van der Waals surface area contributed by atoms with Crippen LogP contribution in [0.1, 0.15) is 18.9 Å². The molecule has 9 heteroatoms.